The first-order valence-electron chi connectivity index (χ1n) is 8.72. The van der Waals surface area contributed by atoms with Crippen molar-refractivity contribution in [2.24, 2.45) is 0 Å². The minimum atomic E-state index is -0.639. The number of para-hydroxylation sites is 1. The van der Waals surface area contributed by atoms with E-state index < -0.39 is 11.2 Å². The summed E-state index contributed by atoms with van der Waals surface area (Å²) < 4.78 is 2.63. The molecule has 7 nitrogen and oxygen atoms in total. The van der Waals surface area contributed by atoms with Crippen LogP contribution in [0.4, 0.5) is 0 Å². The molecule has 0 saturated heterocycles. The van der Waals surface area contributed by atoms with Crippen molar-refractivity contribution in [1.29, 1.82) is 0 Å². The van der Waals surface area contributed by atoms with E-state index in [1.165, 1.54) is 0 Å². The van der Waals surface area contributed by atoms with Crippen LogP contribution in [0.1, 0.15) is 13.3 Å². The third-order valence-corrected chi connectivity index (χ3v) is 4.17. The fraction of sp³-hybridized carbons (Fsp3) is 0.150. The molecule has 0 saturated carbocycles. The quantitative estimate of drug-likeness (QED) is 0.559. The van der Waals surface area contributed by atoms with Crippen LogP contribution in [0.5, 0.6) is 0 Å². The van der Waals surface area contributed by atoms with Gasteiger partial charge in [0.2, 0.25) is 0 Å². The average Bonchev–Trinajstić information content (AvgIpc) is 2.70. The van der Waals surface area contributed by atoms with Crippen LogP contribution >= 0.6 is 0 Å². The maximum absolute atomic E-state index is 13.1. The molecule has 134 valence electrons. The van der Waals surface area contributed by atoms with E-state index in [9.17, 15) is 9.59 Å². The predicted octanol–water partition coefficient (Wildman–Crippen LogP) is 2.37. The van der Waals surface area contributed by atoms with E-state index in [1.807, 2.05) is 43.3 Å². The summed E-state index contributed by atoms with van der Waals surface area (Å²) >= 11 is 0. The van der Waals surface area contributed by atoms with Gasteiger partial charge in [0.15, 0.2) is 17.3 Å². The highest BCUT2D eigenvalue weighted by Gasteiger charge is 2.22. The SMILES string of the molecule is CCCn1nc(-c2ccccc2)nc2c(=O)n(-c3ccccc3)c(=O)nc1-2. The third kappa shape index (κ3) is 3.03. The molecule has 2 aliphatic heterocycles. The standard InChI is InChI=1S/C20H17N5O2/c1-2-13-24-18-16(21-17(23-24)14-9-5-3-6-10-14)19(26)25(20(27)22-18)15-11-7-4-8-12-15/h3-12H,2,13H2,1H3. The van der Waals surface area contributed by atoms with Gasteiger partial charge in [-0.3, -0.25) is 4.79 Å². The van der Waals surface area contributed by atoms with E-state index in [2.05, 4.69) is 15.1 Å². The van der Waals surface area contributed by atoms with Crippen LogP contribution in [0.3, 0.4) is 0 Å². The molecule has 2 aromatic carbocycles. The Morgan fingerprint density at radius 1 is 0.889 bits per heavy atom. The van der Waals surface area contributed by atoms with E-state index in [4.69, 9.17) is 0 Å². The molecular formula is C20H17N5O2. The Kier molecular flexibility index (Phi) is 4.33. The second-order valence-electron chi connectivity index (χ2n) is 6.07. The zero-order valence-corrected chi connectivity index (χ0v) is 14.7. The second-order valence-corrected chi connectivity index (χ2v) is 6.07. The van der Waals surface area contributed by atoms with Crippen molar-refractivity contribution in [3.63, 3.8) is 0 Å². The van der Waals surface area contributed by atoms with Gasteiger partial charge in [-0.25, -0.2) is 19.0 Å². The first kappa shape index (κ1) is 16.8. The number of hydrogen-bond donors (Lipinski definition) is 0. The topological polar surface area (TPSA) is 82.7 Å². The van der Waals surface area contributed by atoms with Gasteiger partial charge in [-0.1, -0.05) is 55.5 Å². The summed E-state index contributed by atoms with van der Waals surface area (Å²) in [5.74, 6) is 0.632. The van der Waals surface area contributed by atoms with Gasteiger partial charge in [0.1, 0.15) is 0 Å². The van der Waals surface area contributed by atoms with Crippen molar-refractivity contribution < 1.29 is 0 Å². The summed E-state index contributed by atoms with van der Waals surface area (Å²) in [6.07, 6.45) is 0.780. The van der Waals surface area contributed by atoms with Crippen LogP contribution in [0, 0.1) is 0 Å². The fourth-order valence-corrected chi connectivity index (χ4v) is 2.93. The summed E-state index contributed by atoms with van der Waals surface area (Å²) in [7, 11) is 0. The molecule has 0 atom stereocenters. The Balaban J connectivity index is 2.05. The molecule has 7 heteroatoms. The van der Waals surface area contributed by atoms with Gasteiger partial charge in [-0.2, -0.15) is 10.1 Å². The van der Waals surface area contributed by atoms with Crippen LogP contribution in [-0.2, 0) is 6.54 Å². The molecule has 0 fully saturated rings. The van der Waals surface area contributed by atoms with Crippen LogP contribution in [0.2, 0.25) is 0 Å². The molecule has 0 unspecified atom stereocenters. The molecule has 4 rings (SSSR count). The van der Waals surface area contributed by atoms with Crippen LogP contribution in [-0.4, -0.2) is 24.3 Å². The second kappa shape index (κ2) is 6.95. The van der Waals surface area contributed by atoms with Crippen molar-refractivity contribution in [3.8, 4) is 28.6 Å². The fourth-order valence-electron chi connectivity index (χ4n) is 2.93. The molecule has 2 heterocycles. The van der Waals surface area contributed by atoms with E-state index >= 15 is 0 Å². The van der Waals surface area contributed by atoms with Crippen molar-refractivity contribution in [2.75, 3.05) is 0 Å². The van der Waals surface area contributed by atoms with Crippen LogP contribution < -0.4 is 11.2 Å². The minimum absolute atomic E-state index is 0.126. The summed E-state index contributed by atoms with van der Waals surface area (Å²) in [6.45, 7) is 2.52. The van der Waals surface area contributed by atoms with Gasteiger partial charge < -0.3 is 0 Å². The molecule has 27 heavy (non-hydrogen) atoms. The largest absolute Gasteiger partial charge is 0.357 e. The lowest BCUT2D eigenvalue weighted by Crippen LogP contribution is -2.38. The summed E-state index contributed by atoms with van der Waals surface area (Å²) in [4.78, 5) is 34.2. The van der Waals surface area contributed by atoms with Gasteiger partial charge in [0.25, 0.3) is 5.56 Å². The Hall–Kier alpha value is -3.61. The van der Waals surface area contributed by atoms with Crippen molar-refractivity contribution in [2.45, 2.75) is 19.9 Å². The minimum Gasteiger partial charge on any atom is -0.266 e. The lowest BCUT2D eigenvalue weighted by Gasteiger charge is -2.15. The van der Waals surface area contributed by atoms with E-state index in [-0.39, 0.29) is 11.5 Å². The summed E-state index contributed by atoms with van der Waals surface area (Å²) in [6, 6.07) is 18.1. The van der Waals surface area contributed by atoms with E-state index in [1.54, 1.807) is 28.9 Å². The van der Waals surface area contributed by atoms with Gasteiger partial charge in [-0.15, -0.1) is 0 Å². The average molecular weight is 359 g/mol. The van der Waals surface area contributed by atoms with E-state index in [0.29, 0.717) is 18.1 Å². The first-order chi connectivity index (χ1) is 13.2. The number of fused-ring (bicyclic) bond motifs is 1. The number of benzene rings is 2. The smallest absolute Gasteiger partial charge is 0.266 e. The maximum atomic E-state index is 13.1. The Labute approximate surface area is 154 Å². The molecular weight excluding hydrogens is 342 g/mol. The van der Waals surface area contributed by atoms with Crippen molar-refractivity contribution in [1.82, 2.24) is 24.3 Å². The van der Waals surface area contributed by atoms with Crippen LogP contribution in [0.15, 0.2) is 70.3 Å². The lowest BCUT2D eigenvalue weighted by molar-refractivity contribution is 0.574. The molecule has 0 aromatic heterocycles. The number of aryl methyl sites for hydroxylation is 1. The monoisotopic (exact) mass is 359 g/mol. The normalized spacial score (nSPS) is 11.0. The van der Waals surface area contributed by atoms with Gasteiger partial charge in [-0.05, 0) is 18.6 Å². The van der Waals surface area contributed by atoms with Gasteiger partial charge in [0.05, 0.1) is 5.69 Å². The number of rotatable bonds is 4. The molecule has 0 radical (unpaired) electrons. The number of hydrogen-bond acceptors (Lipinski definition) is 5. The molecule has 2 aromatic rings. The Bertz CT molecular complexity index is 1170. The van der Waals surface area contributed by atoms with Crippen LogP contribution in [0.25, 0.3) is 28.6 Å². The van der Waals surface area contributed by atoms with Crippen molar-refractivity contribution >= 4 is 0 Å². The zero-order chi connectivity index (χ0) is 18.8. The molecule has 0 spiro atoms. The molecule has 0 bridgehead atoms. The third-order valence-electron chi connectivity index (χ3n) is 4.17. The van der Waals surface area contributed by atoms with E-state index in [0.717, 1.165) is 16.6 Å². The van der Waals surface area contributed by atoms with Crippen molar-refractivity contribution in [3.05, 3.63) is 81.5 Å². The highest BCUT2D eigenvalue weighted by Crippen LogP contribution is 2.19. The maximum Gasteiger partial charge on any atom is 0.357 e. The highest BCUT2D eigenvalue weighted by atomic mass is 16.2. The molecule has 0 N–H and O–H groups in total. The molecule has 2 aliphatic rings. The lowest BCUT2D eigenvalue weighted by atomic mass is 10.2. The zero-order valence-electron chi connectivity index (χ0n) is 14.7. The summed E-state index contributed by atoms with van der Waals surface area (Å²) in [5.41, 5.74) is 0.242. The Morgan fingerprint density at radius 2 is 1.56 bits per heavy atom. The summed E-state index contributed by atoms with van der Waals surface area (Å²) in [5, 5.41) is 4.50. The predicted molar refractivity (Wildman–Crippen MR) is 102 cm³/mol. The first-order valence-corrected chi connectivity index (χ1v) is 8.72. The number of nitrogens with zero attached hydrogens (tertiary/aromatic N) is 5. The Morgan fingerprint density at radius 3 is 2.22 bits per heavy atom. The molecule has 0 amide bonds. The van der Waals surface area contributed by atoms with Gasteiger partial charge >= 0.3 is 5.69 Å². The number of aromatic nitrogens is 5. The highest BCUT2D eigenvalue weighted by molar-refractivity contribution is 5.59. The molecule has 0 aliphatic carbocycles. The van der Waals surface area contributed by atoms with Gasteiger partial charge in [0, 0.05) is 12.1 Å².